The van der Waals surface area contributed by atoms with Crippen LogP contribution in [0.2, 0.25) is 0 Å². The number of fused-ring (bicyclic) bond motifs is 10. The van der Waals surface area contributed by atoms with Crippen molar-refractivity contribution < 1.29 is 45.0 Å². The number of aromatic hydroxyl groups is 4. The Balaban J connectivity index is 0.000000122. The highest BCUT2D eigenvalue weighted by atomic mass is 16.3. The van der Waals surface area contributed by atoms with E-state index in [0.717, 1.165) is 165 Å². The molecule has 0 saturated carbocycles. The number of benzene rings is 7. The van der Waals surface area contributed by atoms with Crippen LogP contribution in [0.3, 0.4) is 0 Å². The monoisotopic (exact) mass is 1800 g/mol. The van der Waals surface area contributed by atoms with Crippen LogP contribution in [-0.4, -0.2) is 139 Å². The predicted molar refractivity (Wildman–Crippen MR) is 537 cm³/mol. The summed E-state index contributed by atoms with van der Waals surface area (Å²) in [7, 11) is 0. The van der Waals surface area contributed by atoms with Gasteiger partial charge in [-0.1, -0.05) is 142 Å². The van der Waals surface area contributed by atoms with Gasteiger partial charge in [0.05, 0.1) is 38.6 Å². The van der Waals surface area contributed by atoms with E-state index in [9.17, 15) is 45.0 Å². The first kappa shape index (κ1) is 94.7. The van der Waals surface area contributed by atoms with E-state index in [1.807, 2.05) is 89.2 Å². The number of hydrogen-bond acceptors (Lipinski definition) is 19. The first-order valence-electron chi connectivity index (χ1n) is 48.3. The van der Waals surface area contributed by atoms with Crippen molar-refractivity contribution >= 4 is 73.8 Å². The molecule has 19 nitrogen and oxygen atoms in total. The number of hydrogen-bond donors (Lipinski definition) is 6. The van der Waals surface area contributed by atoms with Gasteiger partial charge in [-0.15, -0.1) is 0 Å². The zero-order chi connectivity index (χ0) is 95.6. The summed E-state index contributed by atoms with van der Waals surface area (Å²) in [4.78, 5) is 86.8. The standard InChI is InChI=1S/4C23H26N2O2.C23H26N2O/c2*1-12(2)17-11-21(26)14(4)18(23(17)27)10-20-22-16(7-8-24-20)15-6-5-13(3)9-19(15)25-22;2*1-12(2)21-17(23(27)14(4)10-20(21)26)11-19-22-16(7-8-24-19)15-6-5-13(3)9-18(15)25-22;1-13(2)19-12-22(26)15(4)10-16(19)11-21-23-18(7-8-24-21)17-6-5-14(3)9-20(17)25-23/h5-6,9,11-12,22,26-27H,7-8,10H2,1-4H3;5-6,9,11-12,18,22,26H,7-8,10H2,1-4H3;5-6,9-10,12,22,26-27H,7-8,11H2,1-4H3;5-6,9-10,12,17,22,26H,7-8,11H2,1-4H3;5-6,9-10,12-13,16,23H,7-8,11H2,1-4H3. The third kappa shape index (κ3) is 18.8. The number of carbonyl (C=O) groups excluding carboxylic acids is 3. The highest BCUT2D eigenvalue weighted by Gasteiger charge is 2.41. The Morgan fingerprint density at radius 3 is 1.13 bits per heavy atom. The fraction of sp³-hybridized carbons (Fsp3) is 0.417. The summed E-state index contributed by atoms with van der Waals surface area (Å²) in [5.74, 6) is 2.23. The molecule has 694 valence electrons. The number of ketones is 3. The topological polar surface area (TPSA) is 296 Å². The highest BCUT2D eigenvalue weighted by molar-refractivity contribution is 6.10. The summed E-state index contributed by atoms with van der Waals surface area (Å²) in [6, 6.07) is 35.5. The van der Waals surface area contributed by atoms with Crippen LogP contribution in [0.5, 0.6) is 23.0 Å². The Bertz CT molecular complexity index is 7210. The second kappa shape index (κ2) is 38.8. The molecule has 10 heterocycles. The molecule has 0 saturated heterocycles. The Morgan fingerprint density at radius 2 is 0.746 bits per heavy atom. The number of allylic oxidation sites excluding steroid dienone is 10. The number of aliphatic hydroxyl groups excluding tert-OH is 2. The van der Waals surface area contributed by atoms with Gasteiger partial charge in [-0.2, -0.15) is 0 Å². The van der Waals surface area contributed by atoms with Crippen LogP contribution >= 0.6 is 0 Å². The van der Waals surface area contributed by atoms with Crippen molar-refractivity contribution in [3.8, 4) is 23.0 Å². The minimum atomic E-state index is -0.342. The van der Waals surface area contributed by atoms with E-state index in [1.165, 1.54) is 93.1 Å². The summed E-state index contributed by atoms with van der Waals surface area (Å²) in [6.07, 6.45) is 14.9. The molecule has 134 heavy (non-hydrogen) atoms. The van der Waals surface area contributed by atoms with E-state index in [4.69, 9.17) is 49.9 Å². The zero-order valence-corrected chi connectivity index (χ0v) is 81.6. The smallest absolute Gasteiger partial charge is 0.181 e. The fourth-order valence-corrected chi connectivity index (χ4v) is 21.8. The molecular weight excluding hydrogens is 1670 g/mol. The van der Waals surface area contributed by atoms with Crippen molar-refractivity contribution in [3.63, 3.8) is 0 Å². The van der Waals surface area contributed by atoms with Gasteiger partial charge in [-0.05, 0) is 287 Å². The summed E-state index contributed by atoms with van der Waals surface area (Å²) in [5, 5.41) is 74.8. The molecule has 13 aliphatic rings. The van der Waals surface area contributed by atoms with Gasteiger partial charge in [-0.3, -0.25) is 64.3 Å². The zero-order valence-electron chi connectivity index (χ0n) is 81.6. The molecule has 7 aromatic rings. The number of nitrogens with zero attached hydrogens (tertiary/aromatic N) is 10. The van der Waals surface area contributed by atoms with Crippen LogP contribution in [0.1, 0.15) is 214 Å². The highest BCUT2D eigenvalue weighted by Crippen LogP contribution is 2.43. The number of phenols is 4. The molecule has 0 spiro atoms. The second-order valence-electron chi connectivity index (χ2n) is 40.3. The first-order chi connectivity index (χ1) is 63.9. The molecule has 0 fully saturated rings. The van der Waals surface area contributed by atoms with Gasteiger partial charge >= 0.3 is 0 Å². The maximum atomic E-state index is 13.0. The van der Waals surface area contributed by atoms with E-state index in [-0.39, 0.29) is 124 Å². The lowest BCUT2D eigenvalue weighted by atomic mass is 9.76. The molecule has 8 atom stereocenters. The third-order valence-corrected chi connectivity index (χ3v) is 29.0. The lowest BCUT2D eigenvalue weighted by Gasteiger charge is -2.29. The molecule has 3 aliphatic carbocycles. The molecule has 0 amide bonds. The van der Waals surface area contributed by atoms with Crippen LogP contribution in [0.25, 0.3) is 27.9 Å². The van der Waals surface area contributed by atoms with Crippen LogP contribution in [0.15, 0.2) is 222 Å². The summed E-state index contributed by atoms with van der Waals surface area (Å²) in [5.41, 5.74) is 27.4. The fourth-order valence-electron chi connectivity index (χ4n) is 21.8. The number of carbonyl (C=O) groups is 3. The Hall–Kier alpha value is -12.5. The average Bonchev–Trinajstić information content (AvgIpc) is 1.68. The third-order valence-electron chi connectivity index (χ3n) is 29.0. The van der Waals surface area contributed by atoms with Crippen LogP contribution < -0.4 is 52.9 Å². The summed E-state index contributed by atoms with van der Waals surface area (Å²) in [6.45, 7) is 44.0. The van der Waals surface area contributed by atoms with E-state index >= 15 is 0 Å². The number of rotatable bonds is 15. The molecule has 8 unspecified atom stereocenters. The lowest BCUT2D eigenvalue weighted by Crippen LogP contribution is -2.33. The maximum Gasteiger partial charge on any atom is 0.181 e. The van der Waals surface area contributed by atoms with E-state index < -0.39 is 0 Å². The predicted octanol–water partition coefficient (Wildman–Crippen LogP) is 15.3. The number of aliphatic hydroxyl groups is 2. The molecule has 0 radical (unpaired) electrons. The molecule has 6 N–H and O–H groups in total. The summed E-state index contributed by atoms with van der Waals surface area (Å²) >= 11 is 0. The van der Waals surface area contributed by atoms with Crippen molar-refractivity contribution in [1.29, 1.82) is 0 Å². The molecule has 0 bridgehead atoms. The van der Waals surface area contributed by atoms with Crippen molar-refractivity contribution in [1.82, 2.24) is 0 Å². The normalized spacial score (nSPS) is 22.0. The first-order valence-corrected chi connectivity index (χ1v) is 48.3. The average molecular weight is 1800 g/mol. The quantitative estimate of drug-likeness (QED) is 0.0531. The van der Waals surface area contributed by atoms with Gasteiger partial charge in [-0.25, -0.2) is 0 Å². The number of phenolic OH excluding ortho intramolecular Hbond substituents is 4. The van der Waals surface area contributed by atoms with Gasteiger partial charge in [0.2, 0.25) is 0 Å². The van der Waals surface area contributed by atoms with Crippen LogP contribution in [0.4, 0.5) is 0 Å². The Labute approximate surface area is 786 Å². The van der Waals surface area contributed by atoms with Crippen molar-refractivity contribution in [3.05, 3.63) is 286 Å². The Kier molecular flexibility index (Phi) is 27.4. The van der Waals surface area contributed by atoms with E-state index in [1.54, 1.807) is 31.2 Å². The molecule has 0 aromatic heterocycles. The maximum absolute atomic E-state index is 13.0. The SMILES string of the molecule is CC1=C(O)C=C(C(C)C)C(=O)C1CC1=NCCC2=c3ccc(C)cc3=NC12.CC1=CC(CC2=NCCC3=c4ccc(C)cc4=NC23)C(C(C)C)=CC1=O.CC1=CC(O)=C(C(C)C)C(CC2=NCCC3=c4ccc(C)cc4=NC23)C1=O.Cc1ccc2c(c1)=NC1C(Cc3c(C)c(O)cc(C(C)C)c3O)=NCCC=21.Cc1ccc2c(c1)=NC1C(Cc3c(O)c(C)cc(O)c3C(C)C)=NCCC=21. The van der Waals surface area contributed by atoms with E-state index in [0.29, 0.717) is 48.3 Å². The number of aliphatic imine (C=N–C) groups is 5. The number of aryl methyl sites for hydroxylation is 6. The largest absolute Gasteiger partial charge is 0.508 e. The van der Waals surface area contributed by atoms with Crippen molar-refractivity contribution in [2.75, 3.05) is 32.7 Å². The van der Waals surface area contributed by atoms with Crippen LogP contribution in [0, 0.1) is 84.0 Å². The molecule has 20 rings (SSSR count). The molecular formula is C115H130N10O9. The van der Waals surface area contributed by atoms with Gasteiger partial charge in [0.1, 0.15) is 64.7 Å². The van der Waals surface area contributed by atoms with Gasteiger partial charge in [0.25, 0.3) is 0 Å². The summed E-state index contributed by atoms with van der Waals surface area (Å²) < 4.78 is 0. The van der Waals surface area contributed by atoms with Crippen molar-refractivity contribution in [2.24, 2.45) is 85.4 Å². The van der Waals surface area contributed by atoms with Crippen LogP contribution in [-0.2, 0) is 27.2 Å². The molecule has 10 aliphatic heterocycles. The number of Topliss-reactive ketones (excluding diaryl/α,β-unsaturated/α-hetero) is 2. The Morgan fingerprint density at radius 1 is 0.358 bits per heavy atom. The van der Waals surface area contributed by atoms with E-state index in [2.05, 4.69) is 146 Å². The lowest BCUT2D eigenvalue weighted by molar-refractivity contribution is -0.119. The van der Waals surface area contributed by atoms with Gasteiger partial charge in [0, 0.05) is 147 Å². The van der Waals surface area contributed by atoms with Crippen molar-refractivity contribution in [2.45, 2.75) is 245 Å². The second-order valence-corrected chi connectivity index (χ2v) is 40.3. The molecule has 7 aromatic carbocycles. The molecule has 19 heteroatoms. The minimum Gasteiger partial charge on any atom is -0.508 e. The minimum absolute atomic E-state index is 0.0424. The van der Waals surface area contributed by atoms with Gasteiger partial charge in [0.15, 0.2) is 17.3 Å². The van der Waals surface area contributed by atoms with Gasteiger partial charge < -0.3 is 30.6 Å².